The standard InChI is InChI=1S/C16H11F6N3O4/c1-8-2-3-12(14(23-8)25(27)28)29-7-13(26)24-11-5-9(15(17,18)19)4-10(6-11)16(20,21)22/h2-6H,7H2,1H3,(H,24,26). The first-order chi connectivity index (χ1) is 13.3. The lowest BCUT2D eigenvalue weighted by molar-refractivity contribution is -0.390. The SMILES string of the molecule is Cc1ccc(OCC(=O)Nc2cc(C(F)(F)F)cc(C(F)(F)F)c2)c([N+](=O)[O-])n1. The number of nitrogens with zero attached hydrogens (tertiary/aromatic N) is 2. The van der Waals surface area contributed by atoms with E-state index in [1.54, 1.807) is 0 Å². The number of ether oxygens (including phenoxy) is 1. The molecule has 13 heteroatoms. The van der Waals surface area contributed by atoms with Crippen LogP contribution in [0.4, 0.5) is 37.8 Å². The van der Waals surface area contributed by atoms with E-state index in [4.69, 9.17) is 4.74 Å². The van der Waals surface area contributed by atoms with E-state index < -0.39 is 58.2 Å². The van der Waals surface area contributed by atoms with Crippen molar-refractivity contribution >= 4 is 17.4 Å². The van der Waals surface area contributed by atoms with E-state index in [9.17, 15) is 41.3 Å². The minimum atomic E-state index is -5.08. The molecule has 0 atom stereocenters. The van der Waals surface area contributed by atoms with Crippen molar-refractivity contribution < 1.29 is 40.8 Å². The first-order valence-corrected chi connectivity index (χ1v) is 7.61. The third kappa shape index (κ3) is 5.80. The summed E-state index contributed by atoms with van der Waals surface area (Å²) in [4.78, 5) is 25.5. The fraction of sp³-hybridized carbons (Fsp3) is 0.250. The molecule has 0 fully saturated rings. The van der Waals surface area contributed by atoms with E-state index in [1.807, 2.05) is 5.32 Å². The monoisotopic (exact) mass is 423 g/mol. The van der Waals surface area contributed by atoms with Gasteiger partial charge in [0.1, 0.15) is 5.69 Å². The summed E-state index contributed by atoms with van der Waals surface area (Å²) in [5.41, 5.74) is -3.70. The predicted octanol–water partition coefficient (Wildman–Crippen LogP) is 4.35. The first kappa shape index (κ1) is 21.9. The van der Waals surface area contributed by atoms with Crippen LogP contribution >= 0.6 is 0 Å². The van der Waals surface area contributed by atoms with Crippen LogP contribution in [0.2, 0.25) is 0 Å². The number of aryl methyl sites for hydroxylation is 1. The topological polar surface area (TPSA) is 94.4 Å². The summed E-state index contributed by atoms with van der Waals surface area (Å²) in [5, 5.41) is 12.8. The van der Waals surface area contributed by atoms with Crippen molar-refractivity contribution in [3.05, 3.63) is 57.3 Å². The molecule has 0 aliphatic heterocycles. The molecule has 0 bridgehead atoms. The van der Waals surface area contributed by atoms with Crippen molar-refractivity contribution in [2.24, 2.45) is 0 Å². The number of hydrogen-bond donors (Lipinski definition) is 1. The molecule has 7 nitrogen and oxygen atoms in total. The second-order valence-corrected chi connectivity index (χ2v) is 5.66. The Morgan fingerprint density at radius 3 is 2.14 bits per heavy atom. The second kappa shape index (κ2) is 7.93. The molecule has 2 rings (SSSR count). The Labute approximate surface area is 158 Å². The molecule has 29 heavy (non-hydrogen) atoms. The van der Waals surface area contributed by atoms with Crippen LogP contribution in [0.3, 0.4) is 0 Å². The Bertz CT molecular complexity index is 911. The number of hydrogen-bond acceptors (Lipinski definition) is 5. The molecular weight excluding hydrogens is 412 g/mol. The van der Waals surface area contributed by atoms with Crippen LogP contribution in [0.1, 0.15) is 16.8 Å². The van der Waals surface area contributed by atoms with E-state index >= 15 is 0 Å². The number of aromatic nitrogens is 1. The Balaban J connectivity index is 2.20. The highest BCUT2D eigenvalue weighted by molar-refractivity contribution is 5.92. The molecule has 1 aromatic carbocycles. The maximum atomic E-state index is 12.8. The summed E-state index contributed by atoms with van der Waals surface area (Å²) >= 11 is 0. The van der Waals surface area contributed by atoms with Gasteiger partial charge in [0.05, 0.1) is 11.1 Å². The maximum Gasteiger partial charge on any atom is 0.416 e. The van der Waals surface area contributed by atoms with Gasteiger partial charge >= 0.3 is 18.2 Å². The van der Waals surface area contributed by atoms with Gasteiger partial charge in [0.2, 0.25) is 5.75 Å². The quantitative estimate of drug-likeness (QED) is 0.438. The van der Waals surface area contributed by atoms with E-state index in [-0.39, 0.29) is 11.8 Å². The molecule has 0 saturated carbocycles. The molecule has 1 heterocycles. The van der Waals surface area contributed by atoms with E-state index in [1.165, 1.54) is 13.0 Å². The van der Waals surface area contributed by atoms with Gasteiger partial charge in [0.15, 0.2) is 6.61 Å². The highest BCUT2D eigenvalue weighted by atomic mass is 19.4. The average molecular weight is 423 g/mol. The number of nitrogens with one attached hydrogen (secondary N) is 1. The molecule has 0 aliphatic carbocycles. The van der Waals surface area contributed by atoms with Crippen LogP contribution in [0.15, 0.2) is 30.3 Å². The number of rotatable bonds is 5. The van der Waals surface area contributed by atoms with Gasteiger partial charge < -0.3 is 20.2 Å². The molecule has 1 aromatic heterocycles. The van der Waals surface area contributed by atoms with Crippen LogP contribution in [0.5, 0.6) is 5.75 Å². The number of anilines is 1. The molecular formula is C16H11F6N3O4. The molecule has 0 spiro atoms. The first-order valence-electron chi connectivity index (χ1n) is 7.61. The van der Waals surface area contributed by atoms with Crippen LogP contribution in [-0.2, 0) is 17.1 Å². The number of carbonyl (C=O) groups is 1. The summed E-state index contributed by atoms with van der Waals surface area (Å²) in [7, 11) is 0. The summed E-state index contributed by atoms with van der Waals surface area (Å²) < 4.78 is 81.8. The molecule has 2 aromatic rings. The number of pyridine rings is 1. The number of nitro groups is 1. The van der Waals surface area contributed by atoms with E-state index in [0.29, 0.717) is 12.1 Å². The number of benzene rings is 1. The molecule has 0 radical (unpaired) electrons. The lowest BCUT2D eigenvalue weighted by Gasteiger charge is -2.15. The fourth-order valence-corrected chi connectivity index (χ4v) is 2.14. The normalized spacial score (nSPS) is 11.8. The van der Waals surface area contributed by atoms with E-state index in [0.717, 1.165) is 6.07 Å². The number of amides is 1. The Kier molecular flexibility index (Phi) is 5.99. The average Bonchev–Trinajstić information content (AvgIpc) is 2.58. The molecule has 0 aliphatic rings. The lowest BCUT2D eigenvalue weighted by atomic mass is 10.1. The molecule has 156 valence electrons. The summed E-state index contributed by atoms with van der Waals surface area (Å²) in [6.45, 7) is 0.554. The smallest absolute Gasteiger partial charge is 0.416 e. The molecule has 0 unspecified atom stereocenters. The molecule has 1 N–H and O–H groups in total. The van der Waals surface area contributed by atoms with Gasteiger partial charge in [-0.05, 0) is 40.2 Å². The van der Waals surface area contributed by atoms with Gasteiger partial charge in [0.25, 0.3) is 5.91 Å². The highest BCUT2D eigenvalue weighted by Gasteiger charge is 2.37. The Morgan fingerprint density at radius 2 is 1.66 bits per heavy atom. The summed E-state index contributed by atoms with van der Waals surface area (Å²) in [5.74, 6) is -2.22. The minimum absolute atomic E-state index is 0.0898. The molecule has 1 amide bonds. The maximum absolute atomic E-state index is 12.8. The van der Waals surface area contributed by atoms with Gasteiger partial charge in [0, 0.05) is 12.6 Å². The van der Waals surface area contributed by atoms with Crippen molar-refractivity contribution in [3.8, 4) is 5.75 Å². The summed E-state index contributed by atoms with van der Waals surface area (Å²) in [6, 6.07) is 3.06. The van der Waals surface area contributed by atoms with Crippen molar-refractivity contribution in [1.82, 2.24) is 4.98 Å². The van der Waals surface area contributed by atoms with E-state index in [2.05, 4.69) is 4.98 Å². The van der Waals surface area contributed by atoms with Crippen LogP contribution in [0.25, 0.3) is 0 Å². The molecule has 0 saturated heterocycles. The van der Waals surface area contributed by atoms with Crippen LogP contribution < -0.4 is 10.1 Å². The zero-order chi connectivity index (χ0) is 22.0. The van der Waals surface area contributed by atoms with Crippen molar-refractivity contribution in [2.75, 3.05) is 11.9 Å². The second-order valence-electron chi connectivity index (χ2n) is 5.66. The van der Waals surface area contributed by atoms with Crippen molar-refractivity contribution in [2.45, 2.75) is 19.3 Å². The largest absolute Gasteiger partial charge is 0.476 e. The zero-order valence-electron chi connectivity index (χ0n) is 14.4. The summed E-state index contributed by atoms with van der Waals surface area (Å²) in [6.07, 6.45) is -10.2. The number of halogens is 6. The number of alkyl halides is 6. The van der Waals surface area contributed by atoms with Gasteiger partial charge in [-0.1, -0.05) is 0 Å². The highest BCUT2D eigenvalue weighted by Crippen LogP contribution is 2.37. The van der Waals surface area contributed by atoms with Gasteiger partial charge in [-0.2, -0.15) is 26.3 Å². The fourth-order valence-electron chi connectivity index (χ4n) is 2.14. The zero-order valence-corrected chi connectivity index (χ0v) is 14.4. The Morgan fingerprint density at radius 1 is 1.10 bits per heavy atom. The number of carbonyl (C=O) groups excluding carboxylic acids is 1. The van der Waals surface area contributed by atoms with Gasteiger partial charge in [-0.25, -0.2) is 0 Å². The minimum Gasteiger partial charge on any atom is -0.476 e. The lowest BCUT2D eigenvalue weighted by Crippen LogP contribution is -2.21. The van der Waals surface area contributed by atoms with Crippen molar-refractivity contribution in [1.29, 1.82) is 0 Å². The Hall–Kier alpha value is -3.38. The van der Waals surface area contributed by atoms with Crippen LogP contribution in [-0.4, -0.2) is 22.4 Å². The third-order valence-electron chi connectivity index (χ3n) is 3.38. The third-order valence-corrected chi connectivity index (χ3v) is 3.38. The van der Waals surface area contributed by atoms with Gasteiger partial charge in [-0.3, -0.25) is 4.79 Å². The predicted molar refractivity (Wildman–Crippen MR) is 86.2 cm³/mol. The van der Waals surface area contributed by atoms with Gasteiger partial charge in [-0.15, -0.1) is 0 Å². The van der Waals surface area contributed by atoms with Crippen molar-refractivity contribution in [3.63, 3.8) is 0 Å². The van der Waals surface area contributed by atoms with Crippen LogP contribution in [0, 0.1) is 17.0 Å².